The molecule has 0 saturated heterocycles. The minimum absolute atomic E-state index is 0.495. The van der Waals surface area contributed by atoms with Gasteiger partial charge in [0.15, 0.2) is 11.6 Å². The number of pyridine rings is 1. The zero-order chi connectivity index (χ0) is 27.1. The van der Waals surface area contributed by atoms with Crippen molar-refractivity contribution in [3.05, 3.63) is 139 Å². The van der Waals surface area contributed by atoms with Gasteiger partial charge in [-0.2, -0.15) is 0 Å². The summed E-state index contributed by atoms with van der Waals surface area (Å²) in [6.45, 7) is 0. The fourth-order valence-corrected chi connectivity index (χ4v) is 4.45. The van der Waals surface area contributed by atoms with Gasteiger partial charge in [0.05, 0.1) is 11.0 Å². The molecule has 0 radical (unpaired) electrons. The molecule has 0 aliphatic carbocycles. The van der Waals surface area contributed by atoms with Gasteiger partial charge in [0.25, 0.3) is 0 Å². The Labute approximate surface area is 236 Å². The second-order valence-corrected chi connectivity index (χ2v) is 9.22. The van der Waals surface area contributed by atoms with Gasteiger partial charge in [-0.3, -0.25) is 4.98 Å². The molecule has 40 heavy (non-hydrogen) atoms. The monoisotopic (exact) mass is 538 g/mol. The van der Waals surface area contributed by atoms with Crippen molar-refractivity contribution >= 4 is 44.9 Å². The molecule has 192 valence electrons. The van der Waals surface area contributed by atoms with Gasteiger partial charge in [-0.25, -0.2) is 19.9 Å². The standard InChI is InChI=1S/C19H14N4.C14H9ClN2/c1-2-6-14(7-3-1)18-22-17-9-5-4-8-16(17)19(23-18)21-15-10-12-20-13-11-15;15-13-11-8-4-5-9-12(11)16-14(17-13)10-6-2-1-3-7-10/h1-13H,(H,20,21,22,23);1-9H. The molecular formula is C33H23ClN6. The maximum Gasteiger partial charge on any atom is 0.162 e. The van der Waals surface area contributed by atoms with Crippen LogP contribution in [0.3, 0.4) is 0 Å². The van der Waals surface area contributed by atoms with E-state index in [2.05, 4.69) is 25.3 Å². The number of fused-ring (bicyclic) bond motifs is 2. The molecule has 0 unspecified atom stereocenters. The third-order valence-electron chi connectivity index (χ3n) is 6.17. The van der Waals surface area contributed by atoms with Gasteiger partial charge >= 0.3 is 0 Å². The first kappa shape index (κ1) is 25.1. The molecule has 0 aliphatic heterocycles. The van der Waals surface area contributed by atoms with E-state index in [4.69, 9.17) is 16.6 Å². The molecule has 7 rings (SSSR count). The van der Waals surface area contributed by atoms with Crippen LogP contribution < -0.4 is 5.32 Å². The Morgan fingerprint density at radius 2 is 0.975 bits per heavy atom. The predicted molar refractivity (Wildman–Crippen MR) is 162 cm³/mol. The average molecular weight is 539 g/mol. The predicted octanol–water partition coefficient (Wildman–Crippen LogP) is 8.39. The van der Waals surface area contributed by atoms with Gasteiger partial charge in [0, 0.05) is 40.0 Å². The molecule has 0 fully saturated rings. The van der Waals surface area contributed by atoms with Crippen LogP contribution in [-0.4, -0.2) is 24.9 Å². The van der Waals surface area contributed by atoms with Gasteiger partial charge in [0.2, 0.25) is 0 Å². The molecule has 7 aromatic rings. The highest BCUT2D eigenvalue weighted by atomic mass is 35.5. The largest absolute Gasteiger partial charge is 0.340 e. The molecule has 3 aromatic heterocycles. The first-order chi connectivity index (χ1) is 19.7. The molecule has 0 amide bonds. The zero-order valence-corrected chi connectivity index (χ0v) is 22.1. The molecule has 0 aliphatic rings. The third-order valence-corrected chi connectivity index (χ3v) is 6.46. The summed E-state index contributed by atoms with van der Waals surface area (Å²) in [4.78, 5) is 22.3. The fourth-order valence-electron chi connectivity index (χ4n) is 4.21. The SMILES string of the molecule is Clc1nc(-c2ccccc2)nc2ccccc12.c1ccc(-c2nc(Nc3ccncc3)c3ccccc3n2)cc1. The molecule has 3 heterocycles. The molecule has 1 N–H and O–H groups in total. The van der Waals surface area contributed by atoms with Gasteiger partial charge < -0.3 is 5.32 Å². The van der Waals surface area contributed by atoms with E-state index in [0.717, 1.165) is 44.4 Å². The maximum absolute atomic E-state index is 6.16. The summed E-state index contributed by atoms with van der Waals surface area (Å²) in [5.41, 5.74) is 4.70. The van der Waals surface area contributed by atoms with Crippen molar-refractivity contribution in [1.29, 1.82) is 0 Å². The van der Waals surface area contributed by atoms with Crippen LogP contribution in [0.1, 0.15) is 0 Å². The quantitative estimate of drug-likeness (QED) is 0.227. The van der Waals surface area contributed by atoms with Gasteiger partial charge in [-0.1, -0.05) is 96.5 Å². The van der Waals surface area contributed by atoms with Crippen LogP contribution in [0.2, 0.25) is 5.15 Å². The van der Waals surface area contributed by atoms with Crippen LogP contribution in [0.5, 0.6) is 0 Å². The highest BCUT2D eigenvalue weighted by molar-refractivity contribution is 6.34. The topological polar surface area (TPSA) is 76.5 Å². The number of para-hydroxylation sites is 2. The Balaban J connectivity index is 0.000000151. The Hall–Kier alpha value is -5.20. The van der Waals surface area contributed by atoms with Crippen LogP contribution in [0.4, 0.5) is 11.5 Å². The van der Waals surface area contributed by atoms with Crippen LogP contribution in [-0.2, 0) is 0 Å². The molecule has 4 aromatic carbocycles. The molecule has 0 spiro atoms. The molecule has 6 nitrogen and oxygen atoms in total. The van der Waals surface area contributed by atoms with Crippen LogP contribution >= 0.6 is 11.6 Å². The number of hydrogen-bond acceptors (Lipinski definition) is 6. The van der Waals surface area contributed by atoms with E-state index in [-0.39, 0.29) is 0 Å². The lowest BCUT2D eigenvalue weighted by Crippen LogP contribution is -1.99. The van der Waals surface area contributed by atoms with E-state index < -0.39 is 0 Å². The number of halogens is 1. The van der Waals surface area contributed by atoms with Crippen LogP contribution in [0, 0.1) is 0 Å². The first-order valence-electron chi connectivity index (χ1n) is 12.7. The summed E-state index contributed by atoms with van der Waals surface area (Å²) >= 11 is 6.16. The summed E-state index contributed by atoms with van der Waals surface area (Å²) in [5, 5.41) is 5.73. The smallest absolute Gasteiger partial charge is 0.162 e. The molecule has 0 bridgehead atoms. The lowest BCUT2D eigenvalue weighted by atomic mass is 10.2. The lowest BCUT2D eigenvalue weighted by Gasteiger charge is -2.10. The van der Waals surface area contributed by atoms with Gasteiger partial charge in [-0.15, -0.1) is 0 Å². The summed E-state index contributed by atoms with van der Waals surface area (Å²) < 4.78 is 0. The summed E-state index contributed by atoms with van der Waals surface area (Å²) in [6, 6.07) is 39.4. The number of nitrogens with one attached hydrogen (secondary N) is 1. The van der Waals surface area contributed by atoms with Crippen molar-refractivity contribution in [3.63, 3.8) is 0 Å². The highest BCUT2D eigenvalue weighted by Crippen LogP contribution is 2.27. The Morgan fingerprint density at radius 1 is 0.475 bits per heavy atom. The van der Waals surface area contributed by atoms with Crippen molar-refractivity contribution in [2.45, 2.75) is 0 Å². The summed E-state index contributed by atoms with van der Waals surface area (Å²) in [6.07, 6.45) is 3.51. The fraction of sp³-hybridized carbons (Fsp3) is 0. The Morgan fingerprint density at radius 3 is 1.60 bits per heavy atom. The number of benzene rings is 4. The number of aromatic nitrogens is 5. The van der Waals surface area contributed by atoms with Crippen molar-refractivity contribution in [3.8, 4) is 22.8 Å². The normalized spacial score (nSPS) is 10.6. The minimum Gasteiger partial charge on any atom is -0.340 e. The molecule has 7 heteroatoms. The summed E-state index contributed by atoms with van der Waals surface area (Å²) in [5.74, 6) is 2.16. The van der Waals surface area contributed by atoms with E-state index in [1.54, 1.807) is 12.4 Å². The van der Waals surface area contributed by atoms with E-state index in [9.17, 15) is 0 Å². The number of anilines is 2. The Kier molecular flexibility index (Phi) is 7.33. The lowest BCUT2D eigenvalue weighted by molar-refractivity contribution is 1.22. The van der Waals surface area contributed by atoms with Crippen molar-refractivity contribution < 1.29 is 0 Å². The van der Waals surface area contributed by atoms with Crippen molar-refractivity contribution in [1.82, 2.24) is 24.9 Å². The summed E-state index contributed by atoms with van der Waals surface area (Å²) in [7, 11) is 0. The van der Waals surface area contributed by atoms with Gasteiger partial charge in [-0.05, 0) is 36.4 Å². The molecular weight excluding hydrogens is 516 g/mol. The number of hydrogen-bond donors (Lipinski definition) is 1. The average Bonchev–Trinajstić information content (AvgIpc) is 3.03. The van der Waals surface area contributed by atoms with E-state index in [0.29, 0.717) is 16.8 Å². The second kappa shape index (κ2) is 11.7. The van der Waals surface area contributed by atoms with Crippen molar-refractivity contribution in [2.75, 3.05) is 5.32 Å². The molecule has 0 saturated carbocycles. The number of rotatable bonds is 4. The first-order valence-corrected chi connectivity index (χ1v) is 13.1. The van der Waals surface area contributed by atoms with E-state index >= 15 is 0 Å². The highest BCUT2D eigenvalue weighted by Gasteiger charge is 2.09. The van der Waals surface area contributed by atoms with Crippen molar-refractivity contribution in [2.24, 2.45) is 0 Å². The van der Waals surface area contributed by atoms with E-state index in [1.165, 1.54) is 0 Å². The number of nitrogens with zero attached hydrogens (tertiary/aromatic N) is 5. The second-order valence-electron chi connectivity index (χ2n) is 8.86. The van der Waals surface area contributed by atoms with Crippen LogP contribution in [0.15, 0.2) is 134 Å². The van der Waals surface area contributed by atoms with Crippen LogP contribution in [0.25, 0.3) is 44.6 Å². The minimum atomic E-state index is 0.495. The third kappa shape index (κ3) is 5.62. The maximum atomic E-state index is 6.16. The Bertz CT molecular complexity index is 1880. The molecule has 0 atom stereocenters. The van der Waals surface area contributed by atoms with Gasteiger partial charge in [0.1, 0.15) is 11.0 Å². The van der Waals surface area contributed by atoms with E-state index in [1.807, 2.05) is 121 Å². The zero-order valence-electron chi connectivity index (χ0n) is 21.3.